The van der Waals surface area contributed by atoms with Crippen LogP contribution in [0.15, 0.2) is 0 Å². The van der Waals surface area contributed by atoms with Crippen molar-refractivity contribution in [1.29, 1.82) is 0 Å². The summed E-state index contributed by atoms with van der Waals surface area (Å²) in [6.07, 6.45) is 18.7. The molecule has 0 radical (unpaired) electrons. The Kier molecular flexibility index (Phi) is 25.1. The van der Waals surface area contributed by atoms with Crippen LogP contribution in [-0.4, -0.2) is 24.4 Å². The van der Waals surface area contributed by atoms with E-state index in [0.717, 1.165) is 61.1 Å². The van der Waals surface area contributed by atoms with Gasteiger partial charge in [-0.3, -0.25) is 0 Å². The van der Waals surface area contributed by atoms with Crippen LogP contribution in [0.3, 0.4) is 0 Å². The predicted octanol–water partition coefficient (Wildman–Crippen LogP) is 11.3. The van der Waals surface area contributed by atoms with Crippen LogP contribution in [0.4, 0.5) is 0 Å². The molecule has 7 atom stereocenters. The second-order valence-corrected chi connectivity index (χ2v) is 14.2. The number of ether oxygens (including phenoxy) is 2. The standard InChI is InChI=1S/C33H67IO2/c1-9-10-11-12-18-35-26-36-19-14-16-28(3)21-30(5)23-32(7)25-33(8)24-31(6)22-29(4)20-27(2)15-13-17-34/h27-33H,9-26H2,1-8H3. The Labute approximate surface area is 242 Å². The summed E-state index contributed by atoms with van der Waals surface area (Å²) in [7, 11) is 0. The lowest BCUT2D eigenvalue weighted by Gasteiger charge is -2.26. The first-order valence-corrected chi connectivity index (χ1v) is 17.4. The van der Waals surface area contributed by atoms with Crippen molar-refractivity contribution < 1.29 is 9.47 Å². The molecule has 0 aliphatic heterocycles. The molecule has 2 nitrogen and oxygen atoms in total. The lowest BCUT2D eigenvalue weighted by molar-refractivity contribution is -0.0561. The van der Waals surface area contributed by atoms with Crippen molar-refractivity contribution in [2.45, 2.75) is 145 Å². The average molecular weight is 623 g/mol. The Morgan fingerprint density at radius 2 is 0.861 bits per heavy atom. The number of alkyl halides is 1. The lowest BCUT2D eigenvalue weighted by Crippen LogP contribution is -2.14. The van der Waals surface area contributed by atoms with Crippen molar-refractivity contribution >= 4 is 22.6 Å². The maximum absolute atomic E-state index is 5.67. The fourth-order valence-electron chi connectivity index (χ4n) is 6.61. The SMILES string of the molecule is CCCCCCOCOCCCC(C)CC(C)CC(C)CC(C)CC(C)CC(C)CC(C)CCCI. The van der Waals surface area contributed by atoms with Crippen molar-refractivity contribution in [3.63, 3.8) is 0 Å². The van der Waals surface area contributed by atoms with Crippen molar-refractivity contribution in [2.75, 3.05) is 24.4 Å². The van der Waals surface area contributed by atoms with Crippen molar-refractivity contribution in [3.8, 4) is 0 Å². The van der Waals surface area contributed by atoms with Crippen molar-refractivity contribution in [3.05, 3.63) is 0 Å². The summed E-state index contributed by atoms with van der Waals surface area (Å²) in [5.41, 5.74) is 0. The molecule has 0 aromatic carbocycles. The van der Waals surface area contributed by atoms with Crippen LogP contribution >= 0.6 is 22.6 Å². The normalized spacial score (nSPS) is 17.9. The number of unbranched alkanes of at least 4 members (excludes halogenated alkanes) is 3. The highest BCUT2D eigenvalue weighted by Gasteiger charge is 2.18. The van der Waals surface area contributed by atoms with Gasteiger partial charge in [0.05, 0.1) is 0 Å². The summed E-state index contributed by atoms with van der Waals surface area (Å²) < 4.78 is 12.6. The zero-order valence-corrected chi connectivity index (χ0v) is 28.1. The molecule has 36 heavy (non-hydrogen) atoms. The van der Waals surface area contributed by atoms with E-state index in [1.54, 1.807) is 0 Å². The summed E-state index contributed by atoms with van der Waals surface area (Å²) in [5.74, 6) is 5.97. The monoisotopic (exact) mass is 622 g/mol. The van der Waals surface area contributed by atoms with Gasteiger partial charge in [0.25, 0.3) is 0 Å². The predicted molar refractivity (Wildman–Crippen MR) is 170 cm³/mol. The molecule has 0 spiro atoms. The van der Waals surface area contributed by atoms with Gasteiger partial charge >= 0.3 is 0 Å². The van der Waals surface area contributed by atoms with Crippen molar-refractivity contribution in [1.82, 2.24) is 0 Å². The Bertz CT molecular complexity index is 457. The summed E-state index contributed by atoms with van der Waals surface area (Å²) >= 11 is 2.51. The molecule has 0 amide bonds. The highest BCUT2D eigenvalue weighted by atomic mass is 127. The third-order valence-corrected chi connectivity index (χ3v) is 8.72. The van der Waals surface area contributed by atoms with E-state index in [-0.39, 0.29) is 0 Å². The van der Waals surface area contributed by atoms with Crippen LogP contribution in [0, 0.1) is 41.4 Å². The van der Waals surface area contributed by atoms with E-state index in [1.807, 2.05) is 0 Å². The van der Waals surface area contributed by atoms with Gasteiger partial charge in [-0.25, -0.2) is 0 Å². The van der Waals surface area contributed by atoms with E-state index in [2.05, 4.69) is 78.0 Å². The van der Waals surface area contributed by atoms with E-state index >= 15 is 0 Å². The van der Waals surface area contributed by atoms with Crippen LogP contribution in [0.5, 0.6) is 0 Å². The minimum Gasteiger partial charge on any atom is -0.355 e. The van der Waals surface area contributed by atoms with Gasteiger partial charge in [-0.1, -0.05) is 97.2 Å². The maximum atomic E-state index is 5.67. The number of hydrogen-bond donors (Lipinski definition) is 0. The van der Waals surface area contributed by atoms with Crippen LogP contribution in [0.1, 0.15) is 145 Å². The molecule has 0 aromatic rings. The first-order valence-electron chi connectivity index (χ1n) is 15.9. The summed E-state index contributed by atoms with van der Waals surface area (Å²) in [5, 5.41) is 0. The van der Waals surface area contributed by atoms with Gasteiger partial charge in [0.15, 0.2) is 0 Å². The van der Waals surface area contributed by atoms with Gasteiger partial charge in [-0.15, -0.1) is 0 Å². The molecule has 0 saturated heterocycles. The van der Waals surface area contributed by atoms with Crippen LogP contribution < -0.4 is 0 Å². The molecule has 0 aliphatic carbocycles. The highest BCUT2D eigenvalue weighted by molar-refractivity contribution is 14.1. The van der Waals surface area contributed by atoms with Crippen molar-refractivity contribution in [2.24, 2.45) is 41.4 Å². The van der Waals surface area contributed by atoms with Crippen LogP contribution in [0.2, 0.25) is 0 Å². The quantitative estimate of drug-likeness (QED) is 0.0414. The van der Waals surface area contributed by atoms with Gasteiger partial charge in [-0.2, -0.15) is 0 Å². The minimum atomic E-state index is 0.474. The Balaban J connectivity index is 3.88. The first kappa shape index (κ1) is 36.6. The van der Waals surface area contributed by atoms with Gasteiger partial charge in [0.1, 0.15) is 6.79 Å². The van der Waals surface area contributed by atoms with E-state index < -0.39 is 0 Å². The first-order chi connectivity index (χ1) is 17.2. The fourth-order valence-corrected chi connectivity index (χ4v) is 7.05. The molecule has 0 bridgehead atoms. The van der Waals surface area contributed by atoms with Gasteiger partial charge in [0.2, 0.25) is 0 Å². The van der Waals surface area contributed by atoms with Gasteiger partial charge in [-0.05, 0) is 116 Å². The van der Waals surface area contributed by atoms with E-state index in [9.17, 15) is 0 Å². The molecule has 0 aliphatic rings. The number of rotatable bonds is 26. The zero-order valence-electron chi connectivity index (χ0n) is 26.0. The van der Waals surface area contributed by atoms with Crippen LogP contribution in [0.25, 0.3) is 0 Å². The minimum absolute atomic E-state index is 0.474. The lowest BCUT2D eigenvalue weighted by atomic mass is 9.80. The maximum Gasteiger partial charge on any atom is 0.146 e. The molecule has 7 unspecified atom stereocenters. The molecule has 0 heterocycles. The summed E-state index contributed by atoms with van der Waals surface area (Å²) in [6.45, 7) is 21.8. The van der Waals surface area contributed by atoms with E-state index in [4.69, 9.17) is 9.47 Å². The molecule has 0 N–H and O–H groups in total. The molecular weight excluding hydrogens is 555 g/mol. The van der Waals surface area contributed by atoms with E-state index in [0.29, 0.717) is 6.79 Å². The zero-order chi connectivity index (χ0) is 27.2. The second-order valence-electron chi connectivity index (χ2n) is 13.1. The topological polar surface area (TPSA) is 18.5 Å². The molecule has 0 saturated carbocycles. The largest absolute Gasteiger partial charge is 0.355 e. The summed E-state index contributed by atoms with van der Waals surface area (Å²) in [6, 6.07) is 0. The van der Waals surface area contributed by atoms with E-state index in [1.165, 1.54) is 87.9 Å². The summed E-state index contributed by atoms with van der Waals surface area (Å²) in [4.78, 5) is 0. The number of halogens is 1. The van der Waals surface area contributed by atoms with Gasteiger partial charge in [0, 0.05) is 13.2 Å². The molecule has 3 heteroatoms. The Morgan fingerprint density at radius 1 is 0.472 bits per heavy atom. The molecule has 218 valence electrons. The smallest absolute Gasteiger partial charge is 0.146 e. The molecular formula is C33H67IO2. The highest BCUT2D eigenvalue weighted by Crippen LogP contribution is 2.30. The Morgan fingerprint density at radius 3 is 1.28 bits per heavy atom. The number of hydrogen-bond acceptors (Lipinski definition) is 2. The Hall–Kier alpha value is 0.650. The third kappa shape index (κ3) is 23.7. The average Bonchev–Trinajstić information content (AvgIpc) is 2.78. The second kappa shape index (κ2) is 24.7. The molecule has 0 fully saturated rings. The van der Waals surface area contributed by atoms with Crippen LogP contribution in [-0.2, 0) is 9.47 Å². The molecule has 0 rings (SSSR count). The van der Waals surface area contributed by atoms with Gasteiger partial charge < -0.3 is 9.47 Å². The fraction of sp³-hybridized carbons (Fsp3) is 1.00. The molecule has 0 aromatic heterocycles. The third-order valence-electron chi connectivity index (χ3n) is 7.95.